The molecule has 0 spiro atoms. The van der Waals surface area contributed by atoms with Crippen LogP contribution in [0.2, 0.25) is 0 Å². The lowest BCUT2D eigenvalue weighted by atomic mass is 10.1. The summed E-state index contributed by atoms with van der Waals surface area (Å²) in [5.74, 6) is -0.151. The number of aromatic nitrogens is 2. The fourth-order valence-electron chi connectivity index (χ4n) is 3.41. The van der Waals surface area contributed by atoms with Crippen LogP contribution >= 0.6 is 0 Å². The second kappa shape index (κ2) is 7.14. The highest BCUT2D eigenvalue weighted by Crippen LogP contribution is 2.24. The van der Waals surface area contributed by atoms with Gasteiger partial charge in [0.15, 0.2) is 0 Å². The highest BCUT2D eigenvalue weighted by atomic mass is 16.2. The number of hydrogen-bond donors (Lipinski definition) is 1. The first kappa shape index (κ1) is 17.1. The molecule has 138 valence electrons. The first-order valence-electron chi connectivity index (χ1n) is 8.85. The van der Waals surface area contributed by atoms with E-state index in [0.717, 1.165) is 16.8 Å². The van der Waals surface area contributed by atoms with Gasteiger partial charge in [0.25, 0.3) is 5.91 Å². The summed E-state index contributed by atoms with van der Waals surface area (Å²) in [6, 6.07) is 5.63. The van der Waals surface area contributed by atoms with Gasteiger partial charge in [-0.1, -0.05) is 12.1 Å². The Hall–Kier alpha value is -3.29. The minimum Gasteiger partial charge on any atom is -0.339 e. The smallest absolute Gasteiger partial charge is 0.274 e. The van der Waals surface area contributed by atoms with Crippen LogP contribution in [0.1, 0.15) is 21.6 Å². The number of fused-ring (bicyclic) bond motifs is 1. The molecule has 3 heterocycles. The zero-order valence-electron chi connectivity index (χ0n) is 14.7. The average Bonchev–Trinajstić information content (AvgIpc) is 3.07. The van der Waals surface area contributed by atoms with Crippen LogP contribution < -0.4 is 5.32 Å². The van der Waals surface area contributed by atoms with Gasteiger partial charge in [0.05, 0.1) is 19.0 Å². The molecule has 1 aromatic heterocycles. The van der Waals surface area contributed by atoms with Crippen molar-refractivity contribution in [1.82, 2.24) is 19.8 Å². The van der Waals surface area contributed by atoms with E-state index < -0.39 is 0 Å². The van der Waals surface area contributed by atoms with Gasteiger partial charge in [-0.2, -0.15) is 0 Å². The Morgan fingerprint density at radius 2 is 1.85 bits per heavy atom. The fourth-order valence-corrected chi connectivity index (χ4v) is 3.41. The van der Waals surface area contributed by atoms with Crippen molar-refractivity contribution in [3.63, 3.8) is 0 Å². The lowest BCUT2D eigenvalue weighted by molar-refractivity contribution is -0.131. The molecule has 4 rings (SSSR count). The molecule has 2 aliphatic rings. The third-order valence-electron chi connectivity index (χ3n) is 4.85. The number of nitrogens with zero attached hydrogens (tertiary/aromatic N) is 4. The molecule has 0 saturated carbocycles. The van der Waals surface area contributed by atoms with E-state index >= 15 is 0 Å². The van der Waals surface area contributed by atoms with Gasteiger partial charge in [0.2, 0.25) is 11.8 Å². The summed E-state index contributed by atoms with van der Waals surface area (Å²) >= 11 is 0. The van der Waals surface area contributed by atoms with Crippen molar-refractivity contribution in [3.05, 3.63) is 53.6 Å². The SMILES string of the molecule is O=C1Cc2cc(CC(=O)N3CCN(C(=O)c4cnccn4)CC3)ccc2N1. The van der Waals surface area contributed by atoms with Gasteiger partial charge in [-0.15, -0.1) is 0 Å². The third-order valence-corrected chi connectivity index (χ3v) is 4.85. The summed E-state index contributed by atoms with van der Waals surface area (Å²) in [5, 5.41) is 2.79. The van der Waals surface area contributed by atoms with E-state index in [2.05, 4.69) is 15.3 Å². The molecule has 0 bridgehead atoms. The lowest BCUT2D eigenvalue weighted by Crippen LogP contribution is -2.51. The van der Waals surface area contributed by atoms with Crippen LogP contribution in [0.3, 0.4) is 0 Å². The van der Waals surface area contributed by atoms with Crippen LogP contribution in [0.5, 0.6) is 0 Å². The highest BCUT2D eigenvalue weighted by Gasteiger charge is 2.26. The van der Waals surface area contributed by atoms with Gasteiger partial charge in [0, 0.05) is 44.3 Å². The van der Waals surface area contributed by atoms with Crippen molar-refractivity contribution in [1.29, 1.82) is 0 Å². The van der Waals surface area contributed by atoms with Gasteiger partial charge in [-0.25, -0.2) is 4.98 Å². The molecule has 3 amide bonds. The minimum atomic E-state index is -0.161. The molecule has 0 radical (unpaired) electrons. The quantitative estimate of drug-likeness (QED) is 0.855. The van der Waals surface area contributed by atoms with Crippen LogP contribution in [0.15, 0.2) is 36.8 Å². The maximum atomic E-state index is 12.6. The van der Waals surface area contributed by atoms with Crippen molar-refractivity contribution in [2.24, 2.45) is 0 Å². The van der Waals surface area contributed by atoms with Gasteiger partial charge in [-0.3, -0.25) is 19.4 Å². The van der Waals surface area contributed by atoms with Crippen LogP contribution in [0, 0.1) is 0 Å². The van der Waals surface area contributed by atoms with E-state index in [1.54, 1.807) is 9.80 Å². The van der Waals surface area contributed by atoms with Gasteiger partial charge in [0.1, 0.15) is 5.69 Å². The maximum absolute atomic E-state index is 12.6. The number of benzene rings is 1. The summed E-state index contributed by atoms with van der Waals surface area (Å²) < 4.78 is 0. The summed E-state index contributed by atoms with van der Waals surface area (Å²) in [6.45, 7) is 1.94. The van der Waals surface area contributed by atoms with Crippen LogP contribution in [0.25, 0.3) is 0 Å². The standard InChI is InChI=1S/C19H19N5O3/c25-17-11-14-9-13(1-2-15(14)22-17)10-18(26)23-5-7-24(8-6-23)19(27)16-12-20-3-4-21-16/h1-4,9,12H,5-8,10-11H2,(H,22,25). The molecule has 2 aliphatic heterocycles. The molecule has 1 aromatic carbocycles. The molecule has 8 nitrogen and oxygen atoms in total. The number of nitrogens with one attached hydrogen (secondary N) is 1. The lowest BCUT2D eigenvalue weighted by Gasteiger charge is -2.34. The molecular formula is C19H19N5O3. The van der Waals surface area contributed by atoms with Crippen molar-refractivity contribution in [2.75, 3.05) is 31.5 Å². The summed E-state index contributed by atoms with van der Waals surface area (Å²) in [5.41, 5.74) is 2.98. The Morgan fingerprint density at radius 1 is 1.07 bits per heavy atom. The fraction of sp³-hybridized carbons (Fsp3) is 0.316. The topological polar surface area (TPSA) is 95.5 Å². The molecule has 27 heavy (non-hydrogen) atoms. The van der Waals surface area contributed by atoms with E-state index in [0.29, 0.717) is 44.7 Å². The van der Waals surface area contributed by atoms with Crippen molar-refractivity contribution in [3.8, 4) is 0 Å². The zero-order chi connectivity index (χ0) is 18.8. The number of piperazine rings is 1. The normalized spacial score (nSPS) is 16.1. The molecule has 0 aliphatic carbocycles. The summed E-state index contributed by atoms with van der Waals surface area (Å²) in [4.78, 5) is 47.9. The Bertz CT molecular complexity index is 891. The van der Waals surface area contributed by atoms with Crippen LogP contribution in [-0.2, 0) is 22.4 Å². The highest BCUT2D eigenvalue weighted by molar-refractivity contribution is 5.99. The van der Waals surface area contributed by atoms with Crippen molar-refractivity contribution >= 4 is 23.4 Å². The zero-order valence-corrected chi connectivity index (χ0v) is 14.7. The molecule has 1 saturated heterocycles. The largest absolute Gasteiger partial charge is 0.339 e. The molecule has 2 aromatic rings. The Kier molecular flexibility index (Phi) is 4.53. The van der Waals surface area contributed by atoms with Gasteiger partial charge in [-0.05, 0) is 17.2 Å². The third kappa shape index (κ3) is 3.64. The molecular weight excluding hydrogens is 346 g/mol. The number of carbonyl (C=O) groups is 3. The number of anilines is 1. The van der Waals surface area contributed by atoms with Crippen molar-refractivity contribution in [2.45, 2.75) is 12.8 Å². The molecule has 8 heteroatoms. The molecule has 0 atom stereocenters. The molecule has 0 unspecified atom stereocenters. The van der Waals surface area contributed by atoms with E-state index in [1.807, 2.05) is 18.2 Å². The van der Waals surface area contributed by atoms with E-state index in [9.17, 15) is 14.4 Å². The van der Waals surface area contributed by atoms with Gasteiger partial charge < -0.3 is 15.1 Å². The predicted octanol–water partition coefficient (Wildman–Crippen LogP) is 0.498. The van der Waals surface area contributed by atoms with Gasteiger partial charge >= 0.3 is 0 Å². The van der Waals surface area contributed by atoms with Crippen LogP contribution in [0.4, 0.5) is 5.69 Å². The first-order chi connectivity index (χ1) is 13.1. The van der Waals surface area contributed by atoms with E-state index in [1.165, 1.54) is 18.6 Å². The average molecular weight is 365 g/mol. The maximum Gasteiger partial charge on any atom is 0.274 e. The Balaban J connectivity index is 1.33. The minimum absolute atomic E-state index is 0.0163. The van der Waals surface area contributed by atoms with E-state index in [4.69, 9.17) is 0 Å². The predicted molar refractivity (Wildman–Crippen MR) is 97.0 cm³/mol. The number of carbonyl (C=O) groups excluding carboxylic acids is 3. The second-order valence-electron chi connectivity index (χ2n) is 6.66. The monoisotopic (exact) mass is 365 g/mol. The molecule has 1 fully saturated rings. The second-order valence-corrected chi connectivity index (χ2v) is 6.66. The number of hydrogen-bond acceptors (Lipinski definition) is 5. The van der Waals surface area contributed by atoms with Crippen molar-refractivity contribution < 1.29 is 14.4 Å². The molecule has 1 N–H and O–H groups in total. The first-order valence-corrected chi connectivity index (χ1v) is 8.85. The Labute approximate surface area is 156 Å². The summed E-state index contributed by atoms with van der Waals surface area (Å²) in [7, 11) is 0. The number of rotatable bonds is 3. The van der Waals surface area contributed by atoms with Crippen LogP contribution in [-0.4, -0.2) is 63.7 Å². The Morgan fingerprint density at radius 3 is 2.59 bits per heavy atom. The van der Waals surface area contributed by atoms with E-state index in [-0.39, 0.29) is 17.7 Å². The number of amides is 3. The summed E-state index contributed by atoms with van der Waals surface area (Å²) in [6.07, 6.45) is 5.12.